The predicted molar refractivity (Wildman–Crippen MR) is 73.2 cm³/mol. The number of aromatic nitrogens is 3. The Balaban J connectivity index is 1.42. The van der Waals surface area contributed by atoms with Crippen LogP contribution in [0.4, 0.5) is 0 Å². The van der Waals surface area contributed by atoms with Gasteiger partial charge in [-0.2, -0.15) is 0 Å². The van der Waals surface area contributed by atoms with E-state index in [4.69, 9.17) is 4.74 Å². The van der Waals surface area contributed by atoms with E-state index in [9.17, 15) is 0 Å². The van der Waals surface area contributed by atoms with Gasteiger partial charge in [0.2, 0.25) is 0 Å². The van der Waals surface area contributed by atoms with Crippen molar-refractivity contribution < 1.29 is 4.74 Å². The number of nitrogens with one attached hydrogen (secondary N) is 1. The Kier molecular flexibility index (Phi) is 4.00. The molecule has 0 saturated heterocycles. The van der Waals surface area contributed by atoms with E-state index in [2.05, 4.69) is 20.5 Å². The van der Waals surface area contributed by atoms with Gasteiger partial charge in [0.15, 0.2) is 0 Å². The van der Waals surface area contributed by atoms with E-state index >= 15 is 0 Å². The van der Waals surface area contributed by atoms with E-state index < -0.39 is 0 Å². The van der Waals surface area contributed by atoms with Crippen LogP contribution in [0.2, 0.25) is 0 Å². The Morgan fingerprint density at radius 2 is 2.26 bits per heavy atom. The lowest BCUT2D eigenvalue weighted by atomic mass is 10.3. The minimum Gasteiger partial charge on any atom is -0.469 e. The summed E-state index contributed by atoms with van der Waals surface area (Å²) in [4.78, 5) is 4.25. The van der Waals surface area contributed by atoms with Crippen LogP contribution in [0.3, 0.4) is 0 Å². The highest BCUT2D eigenvalue weighted by Gasteiger charge is 2.20. The number of hydrogen-bond acceptors (Lipinski definition) is 6. The van der Waals surface area contributed by atoms with Gasteiger partial charge in [0, 0.05) is 24.4 Å². The topological polar surface area (TPSA) is 59.9 Å². The third kappa shape index (κ3) is 3.97. The molecule has 100 valence electrons. The second-order valence-electron chi connectivity index (χ2n) is 4.54. The zero-order valence-corrected chi connectivity index (χ0v) is 11.4. The second-order valence-corrected chi connectivity index (χ2v) is 5.56. The molecule has 1 saturated carbocycles. The van der Waals surface area contributed by atoms with Crippen LogP contribution in [0.1, 0.15) is 23.5 Å². The fraction of sp³-hybridized carbons (Fsp3) is 0.462. The van der Waals surface area contributed by atoms with Crippen molar-refractivity contribution in [1.82, 2.24) is 20.5 Å². The Bertz CT molecular complexity index is 512. The van der Waals surface area contributed by atoms with Crippen molar-refractivity contribution in [1.29, 1.82) is 0 Å². The highest BCUT2D eigenvalue weighted by Crippen LogP contribution is 2.22. The molecule has 2 heterocycles. The molecule has 0 amide bonds. The van der Waals surface area contributed by atoms with Crippen molar-refractivity contribution in [2.45, 2.75) is 31.8 Å². The van der Waals surface area contributed by atoms with Gasteiger partial charge in [0.05, 0.1) is 13.2 Å². The average molecular weight is 276 g/mol. The van der Waals surface area contributed by atoms with Crippen LogP contribution in [0.25, 0.3) is 0 Å². The van der Waals surface area contributed by atoms with Gasteiger partial charge in [0.1, 0.15) is 5.01 Å². The van der Waals surface area contributed by atoms with Gasteiger partial charge in [-0.15, -0.1) is 10.2 Å². The number of hydrogen-bond donors (Lipinski definition) is 1. The van der Waals surface area contributed by atoms with E-state index in [0.717, 1.165) is 23.7 Å². The fourth-order valence-electron chi connectivity index (χ4n) is 1.68. The summed E-state index contributed by atoms with van der Waals surface area (Å²) < 4.78 is 5.59. The first-order valence-electron chi connectivity index (χ1n) is 6.48. The average Bonchev–Trinajstić information content (AvgIpc) is 3.17. The van der Waals surface area contributed by atoms with E-state index in [1.54, 1.807) is 6.20 Å². The van der Waals surface area contributed by atoms with Gasteiger partial charge >= 0.3 is 0 Å². The van der Waals surface area contributed by atoms with Crippen LogP contribution in [-0.2, 0) is 13.0 Å². The monoisotopic (exact) mass is 276 g/mol. The summed E-state index contributed by atoms with van der Waals surface area (Å²) in [6, 6.07) is 6.58. The Hall–Kier alpha value is -1.53. The summed E-state index contributed by atoms with van der Waals surface area (Å²) in [6.45, 7) is 1.38. The summed E-state index contributed by atoms with van der Waals surface area (Å²) in [7, 11) is 0. The molecule has 0 aliphatic heterocycles. The molecule has 0 unspecified atom stereocenters. The van der Waals surface area contributed by atoms with Crippen molar-refractivity contribution in [2.24, 2.45) is 0 Å². The summed E-state index contributed by atoms with van der Waals surface area (Å²) in [6.07, 6.45) is 5.15. The lowest BCUT2D eigenvalue weighted by molar-refractivity contribution is 0.316. The molecule has 1 aliphatic rings. The van der Waals surface area contributed by atoms with E-state index in [0.29, 0.717) is 17.8 Å². The molecule has 0 atom stereocenters. The van der Waals surface area contributed by atoms with Crippen LogP contribution in [0.15, 0.2) is 24.4 Å². The molecule has 1 fully saturated rings. The largest absolute Gasteiger partial charge is 0.469 e. The second kappa shape index (κ2) is 6.08. The minimum absolute atomic E-state index is 0.585. The molecule has 1 aliphatic carbocycles. The van der Waals surface area contributed by atoms with Crippen molar-refractivity contribution in [3.8, 4) is 5.19 Å². The summed E-state index contributed by atoms with van der Waals surface area (Å²) in [5.41, 5.74) is 1.03. The Labute approximate surface area is 116 Å². The van der Waals surface area contributed by atoms with E-state index in [1.165, 1.54) is 24.2 Å². The zero-order chi connectivity index (χ0) is 12.9. The van der Waals surface area contributed by atoms with Gasteiger partial charge in [-0.1, -0.05) is 17.4 Å². The first kappa shape index (κ1) is 12.5. The van der Waals surface area contributed by atoms with E-state index in [-0.39, 0.29) is 0 Å². The SMILES string of the molecule is c1ccc(CCOc2nnc(CNC3CC3)s2)nc1. The summed E-state index contributed by atoms with van der Waals surface area (Å²) in [5, 5.41) is 13.2. The normalized spacial score (nSPS) is 14.5. The van der Waals surface area contributed by atoms with Gasteiger partial charge in [0.25, 0.3) is 5.19 Å². The molecule has 0 aromatic carbocycles. The van der Waals surface area contributed by atoms with Crippen molar-refractivity contribution in [3.63, 3.8) is 0 Å². The van der Waals surface area contributed by atoms with Crippen molar-refractivity contribution in [3.05, 3.63) is 35.1 Å². The Morgan fingerprint density at radius 1 is 1.32 bits per heavy atom. The van der Waals surface area contributed by atoms with Gasteiger partial charge in [-0.05, 0) is 25.0 Å². The van der Waals surface area contributed by atoms with Crippen LogP contribution in [-0.4, -0.2) is 27.8 Å². The van der Waals surface area contributed by atoms with Gasteiger partial charge in [-0.25, -0.2) is 0 Å². The molecule has 0 radical (unpaired) electrons. The fourth-order valence-corrected chi connectivity index (χ4v) is 2.34. The number of rotatable bonds is 7. The van der Waals surface area contributed by atoms with E-state index in [1.807, 2.05) is 18.2 Å². The molecule has 2 aromatic rings. The molecular formula is C13H16N4OS. The summed E-state index contributed by atoms with van der Waals surface area (Å²) in [5.74, 6) is 0. The first-order valence-corrected chi connectivity index (χ1v) is 7.30. The zero-order valence-electron chi connectivity index (χ0n) is 10.6. The number of pyridine rings is 1. The maximum absolute atomic E-state index is 5.59. The van der Waals surface area contributed by atoms with Crippen molar-refractivity contribution >= 4 is 11.3 Å². The van der Waals surface area contributed by atoms with Crippen LogP contribution >= 0.6 is 11.3 Å². The molecule has 2 aromatic heterocycles. The highest BCUT2D eigenvalue weighted by molar-refractivity contribution is 7.13. The molecule has 6 heteroatoms. The quantitative estimate of drug-likeness (QED) is 0.835. The van der Waals surface area contributed by atoms with Gasteiger partial charge < -0.3 is 10.1 Å². The van der Waals surface area contributed by atoms with Crippen LogP contribution in [0, 0.1) is 0 Å². The van der Waals surface area contributed by atoms with Crippen molar-refractivity contribution in [2.75, 3.05) is 6.61 Å². The maximum atomic E-state index is 5.59. The molecule has 0 spiro atoms. The first-order chi connectivity index (χ1) is 9.40. The molecule has 19 heavy (non-hydrogen) atoms. The molecule has 0 bridgehead atoms. The third-order valence-corrected chi connectivity index (χ3v) is 3.71. The lowest BCUT2D eigenvalue weighted by Crippen LogP contribution is -2.14. The lowest BCUT2D eigenvalue weighted by Gasteiger charge is -2.00. The van der Waals surface area contributed by atoms with Gasteiger partial charge in [-0.3, -0.25) is 4.98 Å². The number of nitrogens with zero attached hydrogens (tertiary/aromatic N) is 3. The molecule has 1 N–H and O–H groups in total. The predicted octanol–water partition coefficient (Wildman–Crippen LogP) is 1.81. The molecule has 5 nitrogen and oxygen atoms in total. The minimum atomic E-state index is 0.585. The highest BCUT2D eigenvalue weighted by atomic mass is 32.1. The standard InChI is InChI=1S/C13H16N4OS/c1-2-7-14-10(3-1)6-8-18-13-17-16-12(19-13)9-15-11-4-5-11/h1-3,7,11,15H,4-6,8-9H2. The third-order valence-electron chi connectivity index (χ3n) is 2.88. The molecular weight excluding hydrogens is 260 g/mol. The molecule has 3 rings (SSSR count). The summed E-state index contributed by atoms with van der Waals surface area (Å²) >= 11 is 1.51. The Morgan fingerprint density at radius 3 is 3.05 bits per heavy atom. The maximum Gasteiger partial charge on any atom is 0.294 e. The van der Waals surface area contributed by atoms with Crippen LogP contribution < -0.4 is 10.1 Å². The number of ether oxygens (including phenoxy) is 1. The smallest absolute Gasteiger partial charge is 0.294 e. The van der Waals surface area contributed by atoms with Crippen LogP contribution in [0.5, 0.6) is 5.19 Å².